The first-order valence-electron chi connectivity index (χ1n) is 10.1. The first-order valence-corrected chi connectivity index (χ1v) is 11.4. The topological polar surface area (TPSA) is 114 Å². The van der Waals surface area contributed by atoms with Crippen LogP contribution < -0.4 is 25.4 Å². The van der Waals surface area contributed by atoms with Crippen molar-refractivity contribution < 1.29 is 19.0 Å². The molecule has 0 fully saturated rings. The van der Waals surface area contributed by atoms with Gasteiger partial charge in [-0.15, -0.1) is 10.2 Å². The molecule has 1 heterocycles. The van der Waals surface area contributed by atoms with Crippen LogP contribution >= 0.6 is 23.4 Å². The number of hydrogen-bond acceptors (Lipinski definition) is 8. The zero-order chi connectivity index (χ0) is 24.0. The van der Waals surface area contributed by atoms with E-state index >= 15 is 0 Å². The molecule has 0 saturated carbocycles. The molecular formula is C22H26ClN5O4S. The van der Waals surface area contributed by atoms with Gasteiger partial charge in [-0.1, -0.05) is 49.3 Å². The van der Waals surface area contributed by atoms with Crippen LogP contribution in [0.2, 0.25) is 5.02 Å². The molecule has 0 spiro atoms. The number of carbonyl (C=O) groups is 1. The maximum atomic E-state index is 12.4. The Morgan fingerprint density at radius 3 is 2.48 bits per heavy atom. The molecule has 0 aliphatic rings. The number of nitrogen functional groups attached to an aromatic ring is 1. The van der Waals surface area contributed by atoms with E-state index < -0.39 is 0 Å². The van der Waals surface area contributed by atoms with Crippen LogP contribution in [0.15, 0.2) is 41.6 Å². The van der Waals surface area contributed by atoms with Gasteiger partial charge in [-0.3, -0.25) is 4.79 Å². The van der Waals surface area contributed by atoms with E-state index in [-0.39, 0.29) is 18.3 Å². The Bertz CT molecular complexity index is 1100. The molecule has 0 radical (unpaired) electrons. The fourth-order valence-electron chi connectivity index (χ4n) is 2.88. The van der Waals surface area contributed by atoms with Gasteiger partial charge in [0.25, 0.3) is 0 Å². The number of hydrogen-bond donors (Lipinski definition) is 2. The number of amides is 1. The third-order valence-electron chi connectivity index (χ3n) is 4.73. The second-order valence-corrected chi connectivity index (χ2v) is 8.65. The molecule has 11 heteroatoms. The van der Waals surface area contributed by atoms with Crippen LogP contribution in [0, 0.1) is 0 Å². The highest BCUT2D eigenvalue weighted by Crippen LogP contribution is 2.36. The van der Waals surface area contributed by atoms with E-state index in [4.69, 9.17) is 31.7 Å². The van der Waals surface area contributed by atoms with E-state index in [1.165, 1.54) is 24.5 Å². The van der Waals surface area contributed by atoms with E-state index in [0.717, 1.165) is 11.8 Å². The molecule has 3 N–H and O–H groups in total. The quantitative estimate of drug-likeness (QED) is 0.322. The summed E-state index contributed by atoms with van der Waals surface area (Å²) in [5, 5.41) is 11.6. The predicted molar refractivity (Wildman–Crippen MR) is 129 cm³/mol. The Morgan fingerprint density at radius 1 is 1.15 bits per heavy atom. The number of nitrogens with two attached hydrogens (primary N) is 1. The lowest BCUT2D eigenvalue weighted by atomic mass is 10.0. The summed E-state index contributed by atoms with van der Waals surface area (Å²) in [7, 11) is 2.99. The van der Waals surface area contributed by atoms with Crippen molar-refractivity contribution in [3.63, 3.8) is 0 Å². The van der Waals surface area contributed by atoms with Gasteiger partial charge >= 0.3 is 0 Å². The minimum Gasteiger partial charge on any atom is -0.495 e. The van der Waals surface area contributed by atoms with Crippen molar-refractivity contribution in [1.29, 1.82) is 0 Å². The van der Waals surface area contributed by atoms with Gasteiger partial charge in [0.15, 0.2) is 5.82 Å². The second kappa shape index (κ2) is 11.2. The van der Waals surface area contributed by atoms with Crippen LogP contribution in [0.25, 0.3) is 0 Å². The zero-order valence-electron chi connectivity index (χ0n) is 18.8. The number of carbonyl (C=O) groups excluding carboxylic acids is 1. The third kappa shape index (κ3) is 6.23. The van der Waals surface area contributed by atoms with Crippen molar-refractivity contribution in [2.24, 2.45) is 0 Å². The van der Waals surface area contributed by atoms with Crippen molar-refractivity contribution in [2.45, 2.75) is 31.5 Å². The standard InChI is InChI=1S/C22H26ClN5O4S/c1-13(2)14-5-7-15(8-6-14)32-11-20-26-27-22(28(20)24)33-12-21(29)25-17-9-16(23)18(30-3)10-19(17)31-4/h5-10,13H,11-12,24H2,1-4H3,(H,25,29). The number of halogens is 1. The molecule has 0 aliphatic heterocycles. The Kier molecular flexibility index (Phi) is 8.29. The number of methoxy groups -OCH3 is 2. The number of rotatable bonds is 10. The van der Waals surface area contributed by atoms with Crippen molar-refractivity contribution in [3.05, 3.63) is 52.8 Å². The van der Waals surface area contributed by atoms with E-state index in [1.54, 1.807) is 12.1 Å². The molecule has 1 amide bonds. The van der Waals surface area contributed by atoms with Gasteiger partial charge in [-0.25, -0.2) is 4.68 Å². The summed E-state index contributed by atoms with van der Waals surface area (Å²) in [4.78, 5) is 12.4. The van der Waals surface area contributed by atoms with Gasteiger partial charge in [0.05, 0.1) is 30.7 Å². The van der Waals surface area contributed by atoms with Gasteiger partial charge < -0.3 is 25.4 Å². The normalized spacial score (nSPS) is 10.8. The van der Waals surface area contributed by atoms with Crippen molar-refractivity contribution in [1.82, 2.24) is 14.9 Å². The Labute approximate surface area is 201 Å². The molecule has 1 aromatic heterocycles. The van der Waals surface area contributed by atoms with Crippen LogP contribution in [0.5, 0.6) is 17.2 Å². The summed E-state index contributed by atoms with van der Waals surface area (Å²) < 4.78 is 17.5. The predicted octanol–water partition coefficient (Wildman–Crippen LogP) is 4.10. The number of ether oxygens (including phenoxy) is 3. The maximum absolute atomic E-state index is 12.4. The highest BCUT2D eigenvalue weighted by molar-refractivity contribution is 7.99. The summed E-state index contributed by atoms with van der Waals surface area (Å²) in [5.74, 6) is 8.32. The lowest BCUT2D eigenvalue weighted by Gasteiger charge is -2.13. The molecule has 0 saturated heterocycles. The highest BCUT2D eigenvalue weighted by atomic mass is 35.5. The SMILES string of the molecule is COc1cc(OC)c(NC(=O)CSc2nnc(COc3ccc(C(C)C)cc3)n2N)cc1Cl. The fourth-order valence-corrected chi connectivity index (χ4v) is 3.79. The van der Waals surface area contributed by atoms with Crippen LogP contribution in [0.1, 0.15) is 31.2 Å². The Hall–Kier alpha value is -3.11. The van der Waals surface area contributed by atoms with Gasteiger partial charge in [-0.05, 0) is 29.7 Å². The highest BCUT2D eigenvalue weighted by Gasteiger charge is 2.16. The van der Waals surface area contributed by atoms with E-state index in [9.17, 15) is 4.79 Å². The van der Waals surface area contributed by atoms with Crippen molar-refractivity contribution >= 4 is 35.0 Å². The summed E-state index contributed by atoms with van der Waals surface area (Å²) in [6.07, 6.45) is 0. The number of thioether (sulfide) groups is 1. The minimum absolute atomic E-state index is 0.0552. The number of benzene rings is 2. The Balaban J connectivity index is 1.56. The molecule has 3 aromatic rings. The zero-order valence-corrected chi connectivity index (χ0v) is 20.4. The van der Waals surface area contributed by atoms with Crippen molar-refractivity contribution in [3.8, 4) is 17.2 Å². The Morgan fingerprint density at radius 2 is 1.85 bits per heavy atom. The molecule has 176 valence electrons. The average Bonchev–Trinajstić information content (AvgIpc) is 3.16. The smallest absolute Gasteiger partial charge is 0.234 e. The molecule has 0 aliphatic carbocycles. The molecule has 3 rings (SSSR count). The molecule has 0 unspecified atom stereocenters. The van der Waals surface area contributed by atoms with Gasteiger partial charge in [-0.2, -0.15) is 0 Å². The molecule has 9 nitrogen and oxygen atoms in total. The summed E-state index contributed by atoms with van der Waals surface area (Å²) in [6, 6.07) is 11.0. The van der Waals surface area contributed by atoms with E-state index in [1.807, 2.05) is 24.3 Å². The number of anilines is 1. The molecule has 33 heavy (non-hydrogen) atoms. The van der Waals surface area contributed by atoms with Crippen LogP contribution in [0.4, 0.5) is 5.69 Å². The molecule has 0 bridgehead atoms. The van der Waals surface area contributed by atoms with E-state index in [2.05, 4.69) is 29.4 Å². The van der Waals surface area contributed by atoms with Crippen LogP contribution in [-0.4, -0.2) is 40.8 Å². The maximum Gasteiger partial charge on any atom is 0.234 e. The number of nitrogens with one attached hydrogen (secondary N) is 1. The van der Waals surface area contributed by atoms with Crippen molar-refractivity contribution in [2.75, 3.05) is 31.1 Å². The average molecular weight is 492 g/mol. The van der Waals surface area contributed by atoms with Gasteiger partial charge in [0.2, 0.25) is 11.1 Å². The lowest BCUT2D eigenvalue weighted by Crippen LogP contribution is -2.18. The third-order valence-corrected chi connectivity index (χ3v) is 5.97. The number of nitrogens with zero attached hydrogens (tertiary/aromatic N) is 3. The monoisotopic (exact) mass is 491 g/mol. The first-order chi connectivity index (χ1) is 15.8. The molecule has 2 aromatic carbocycles. The fraction of sp³-hybridized carbons (Fsp3) is 0.318. The van der Waals surface area contributed by atoms with Gasteiger partial charge in [0.1, 0.15) is 23.9 Å². The van der Waals surface area contributed by atoms with Crippen LogP contribution in [0.3, 0.4) is 0 Å². The largest absolute Gasteiger partial charge is 0.495 e. The minimum atomic E-state index is -0.287. The lowest BCUT2D eigenvalue weighted by molar-refractivity contribution is -0.113. The second-order valence-electron chi connectivity index (χ2n) is 7.31. The number of aromatic nitrogens is 3. The van der Waals surface area contributed by atoms with Gasteiger partial charge in [0, 0.05) is 6.07 Å². The summed E-state index contributed by atoms with van der Waals surface area (Å²) >= 11 is 7.29. The first kappa shape index (κ1) is 24.5. The molecular weight excluding hydrogens is 466 g/mol. The summed E-state index contributed by atoms with van der Waals surface area (Å²) in [6.45, 7) is 4.42. The molecule has 0 atom stereocenters. The van der Waals surface area contributed by atoms with E-state index in [0.29, 0.717) is 44.9 Å². The van der Waals surface area contributed by atoms with Crippen LogP contribution in [-0.2, 0) is 11.4 Å². The summed E-state index contributed by atoms with van der Waals surface area (Å²) in [5.41, 5.74) is 1.66.